The Morgan fingerprint density at radius 3 is 2.32 bits per heavy atom. The Bertz CT molecular complexity index is 672. The van der Waals surface area contributed by atoms with Gasteiger partial charge >= 0.3 is 0 Å². The van der Waals surface area contributed by atoms with E-state index in [9.17, 15) is 14.4 Å². The summed E-state index contributed by atoms with van der Waals surface area (Å²) in [5.74, 6) is -0.192. The van der Waals surface area contributed by atoms with E-state index in [1.807, 2.05) is 30.2 Å². The van der Waals surface area contributed by atoms with Crippen LogP contribution in [0, 0.1) is 11.3 Å². The highest BCUT2D eigenvalue weighted by molar-refractivity contribution is 7.12. The van der Waals surface area contributed by atoms with Crippen molar-refractivity contribution in [1.82, 2.24) is 15.5 Å². The number of nitrogens with one attached hydrogen (secondary N) is 2. The fraction of sp³-hybridized carbons (Fsp3) is 0.667. The quantitative estimate of drug-likeness (QED) is 0.761. The van der Waals surface area contributed by atoms with Gasteiger partial charge in [-0.25, -0.2) is 0 Å². The van der Waals surface area contributed by atoms with Crippen LogP contribution in [0.15, 0.2) is 17.5 Å². The molecular formula is C21H33N3O3S. The highest BCUT2D eigenvalue weighted by Crippen LogP contribution is 2.25. The Morgan fingerprint density at radius 2 is 1.82 bits per heavy atom. The molecule has 0 aliphatic carbocycles. The van der Waals surface area contributed by atoms with Crippen molar-refractivity contribution < 1.29 is 14.4 Å². The van der Waals surface area contributed by atoms with Crippen molar-refractivity contribution in [2.45, 2.75) is 66.0 Å². The van der Waals surface area contributed by atoms with Crippen molar-refractivity contribution in [2.75, 3.05) is 13.1 Å². The molecule has 1 aliphatic rings. The second-order valence-corrected chi connectivity index (χ2v) is 10.00. The Labute approximate surface area is 172 Å². The van der Waals surface area contributed by atoms with Crippen LogP contribution in [-0.2, 0) is 9.59 Å². The summed E-state index contributed by atoms with van der Waals surface area (Å²) in [5, 5.41) is 7.70. The van der Waals surface area contributed by atoms with E-state index in [-0.39, 0.29) is 35.1 Å². The van der Waals surface area contributed by atoms with Gasteiger partial charge < -0.3 is 15.5 Å². The fourth-order valence-electron chi connectivity index (χ4n) is 3.44. The number of piperidine rings is 1. The molecule has 156 valence electrons. The van der Waals surface area contributed by atoms with Crippen LogP contribution in [0.25, 0.3) is 0 Å². The number of amides is 3. The molecule has 7 heteroatoms. The van der Waals surface area contributed by atoms with Crippen molar-refractivity contribution in [1.29, 1.82) is 0 Å². The topological polar surface area (TPSA) is 78.5 Å². The van der Waals surface area contributed by atoms with Crippen LogP contribution in [0.1, 0.15) is 63.6 Å². The van der Waals surface area contributed by atoms with Crippen LogP contribution in [0.2, 0.25) is 0 Å². The zero-order valence-corrected chi connectivity index (χ0v) is 18.4. The SMILES string of the molecule is CC(C)NC(=O)C(NC(=O)c1cccs1)C1CCN(C(=O)CC(C)(C)C)CC1. The molecule has 28 heavy (non-hydrogen) atoms. The zero-order chi connectivity index (χ0) is 20.9. The van der Waals surface area contributed by atoms with Gasteiger partial charge in [-0.2, -0.15) is 0 Å². The lowest BCUT2D eigenvalue weighted by molar-refractivity contribution is -0.134. The van der Waals surface area contributed by atoms with E-state index in [1.54, 1.807) is 6.07 Å². The Morgan fingerprint density at radius 1 is 1.18 bits per heavy atom. The van der Waals surface area contributed by atoms with E-state index < -0.39 is 6.04 Å². The Balaban J connectivity index is 2.02. The third kappa shape index (κ3) is 6.62. The molecule has 1 aliphatic heterocycles. The van der Waals surface area contributed by atoms with Gasteiger partial charge in [-0.1, -0.05) is 26.8 Å². The lowest BCUT2D eigenvalue weighted by Gasteiger charge is -2.37. The second-order valence-electron chi connectivity index (χ2n) is 9.05. The first-order valence-electron chi connectivity index (χ1n) is 9.99. The number of likely N-dealkylation sites (tertiary alicyclic amines) is 1. The smallest absolute Gasteiger partial charge is 0.262 e. The highest BCUT2D eigenvalue weighted by atomic mass is 32.1. The molecule has 1 saturated heterocycles. The summed E-state index contributed by atoms with van der Waals surface area (Å²) in [6.45, 7) is 11.2. The number of carbonyl (C=O) groups is 3. The van der Waals surface area contributed by atoms with Crippen LogP contribution in [0.4, 0.5) is 0 Å². The molecule has 1 fully saturated rings. The summed E-state index contributed by atoms with van der Waals surface area (Å²) in [7, 11) is 0. The molecule has 0 aromatic carbocycles. The van der Waals surface area contributed by atoms with E-state index >= 15 is 0 Å². The number of carbonyl (C=O) groups excluding carboxylic acids is 3. The molecule has 2 N–H and O–H groups in total. The van der Waals surface area contributed by atoms with Crippen LogP contribution >= 0.6 is 11.3 Å². The first-order valence-corrected chi connectivity index (χ1v) is 10.9. The standard InChI is InChI=1S/C21H33N3O3S/c1-14(2)22-20(27)18(23-19(26)16-7-6-12-28-16)15-8-10-24(11-9-15)17(25)13-21(3,4)5/h6-7,12,14-15,18H,8-11,13H2,1-5H3,(H,22,27)(H,23,26). The fourth-order valence-corrected chi connectivity index (χ4v) is 4.07. The van der Waals surface area contributed by atoms with E-state index in [0.29, 0.717) is 37.2 Å². The van der Waals surface area contributed by atoms with Crippen molar-refractivity contribution in [2.24, 2.45) is 11.3 Å². The summed E-state index contributed by atoms with van der Waals surface area (Å²) in [5.41, 5.74) is -0.0394. The minimum Gasteiger partial charge on any atom is -0.352 e. The summed E-state index contributed by atoms with van der Waals surface area (Å²) >= 11 is 1.36. The zero-order valence-electron chi connectivity index (χ0n) is 17.6. The molecular weight excluding hydrogens is 374 g/mol. The molecule has 1 atom stereocenters. The first-order chi connectivity index (χ1) is 13.1. The normalized spacial score (nSPS) is 16.7. The average Bonchev–Trinajstić information content (AvgIpc) is 3.12. The molecule has 6 nitrogen and oxygen atoms in total. The van der Waals surface area contributed by atoms with Gasteiger partial charge in [0, 0.05) is 25.6 Å². The predicted molar refractivity (Wildman–Crippen MR) is 112 cm³/mol. The van der Waals surface area contributed by atoms with Crippen molar-refractivity contribution in [3.63, 3.8) is 0 Å². The third-order valence-corrected chi connectivity index (χ3v) is 5.66. The summed E-state index contributed by atoms with van der Waals surface area (Å²) in [6, 6.07) is 2.99. The Hall–Kier alpha value is -1.89. The number of nitrogens with zero attached hydrogens (tertiary/aromatic N) is 1. The molecule has 2 heterocycles. The molecule has 2 rings (SSSR count). The number of thiophene rings is 1. The van der Waals surface area contributed by atoms with Crippen LogP contribution < -0.4 is 10.6 Å². The summed E-state index contributed by atoms with van der Waals surface area (Å²) in [4.78, 5) is 40.3. The average molecular weight is 408 g/mol. The molecule has 0 saturated carbocycles. The van der Waals surface area contributed by atoms with E-state index in [2.05, 4.69) is 31.4 Å². The van der Waals surface area contributed by atoms with Crippen LogP contribution in [-0.4, -0.2) is 47.8 Å². The first kappa shape index (κ1) is 22.4. The van der Waals surface area contributed by atoms with Crippen molar-refractivity contribution >= 4 is 29.1 Å². The lowest BCUT2D eigenvalue weighted by atomic mass is 9.87. The van der Waals surface area contributed by atoms with E-state index in [0.717, 1.165) is 0 Å². The number of rotatable bonds is 6. The number of hydrogen-bond acceptors (Lipinski definition) is 4. The maximum atomic E-state index is 12.8. The molecule has 0 bridgehead atoms. The van der Waals surface area contributed by atoms with E-state index in [4.69, 9.17) is 0 Å². The minimum atomic E-state index is -0.586. The van der Waals surface area contributed by atoms with Crippen molar-refractivity contribution in [3.8, 4) is 0 Å². The van der Waals surface area contributed by atoms with Crippen LogP contribution in [0.3, 0.4) is 0 Å². The molecule has 1 aromatic heterocycles. The maximum Gasteiger partial charge on any atom is 0.262 e. The highest BCUT2D eigenvalue weighted by Gasteiger charge is 2.34. The molecule has 1 aromatic rings. The van der Waals surface area contributed by atoms with Gasteiger partial charge in [-0.3, -0.25) is 14.4 Å². The van der Waals surface area contributed by atoms with Crippen LogP contribution in [0.5, 0.6) is 0 Å². The maximum absolute atomic E-state index is 12.8. The lowest BCUT2D eigenvalue weighted by Crippen LogP contribution is -2.54. The molecule has 0 radical (unpaired) electrons. The van der Waals surface area contributed by atoms with Crippen molar-refractivity contribution in [3.05, 3.63) is 22.4 Å². The second kappa shape index (κ2) is 9.54. The Kier molecular flexibility index (Phi) is 7.63. The van der Waals surface area contributed by atoms with Gasteiger partial charge in [0.25, 0.3) is 5.91 Å². The van der Waals surface area contributed by atoms with Gasteiger partial charge in [-0.05, 0) is 49.5 Å². The predicted octanol–water partition coefficient (Wildman–Crippen LogP) is 3.05. The van der Waals surface area contributed by atoms with Gasteiger partial charge in [-0.15, -0.1) is 11.3 Å². The van der Waals surface area contributed by atoms with Gasteiger partial charge in [0.1, 0.15) is 6.04 Å². The summed E-state index contributed by atoms with van der Waals surface area (Å²) < 4.78 is 0. The van der Waals surface area contributed by atoms with E-state index in [1.165, 1.54) is 11.3 Å². The minimum absolute atomic E-state index is 0.00194. The monoisotopic (exact) mass is 407 g/mol. The largest absolute Gasteiger partial charge is 0.352 e. The van der Waals surface area contributed by atoms with Gasteiger partial charge in [0.15, 0.2) is 0 Å². The van der Waals surface area contributed by atoms with Gasteiger partial charge in [0.05, 0.1) is 4.88 Å². The third-order valence-electron chi connectivity index (χ3n) is 4.79. The van der Waals surface area contributed by atoms with Gasteiger partial charge in [0.2, 0.25) is 11.8 Å². The molecule has 0 spiro atoms. The molecule has 3 amide bonds. The number of hydrogen-bond donors (Lipinski definition) is 2. The summed E-state index contributed by atoms with van der Waals surface area (Å²) in [6.07, 6.45) is 1.93. The molecule has 1 unspecified atom stereocenters.